The Morgan fingerprint density at radius 3 is 2.68 bits per heavy atom. The van der Waals surface area contributed by atoms with E-state index in [4.69, 9.17) is 4.74 Å². The van der Waals surface area contributed by atoms with Gasteiger partial charge < -0.3 is 9.84 Å². The summed E-state index contributed by atoms with van der Waals surface area (Å²) < 4.78 is 5.60. The van der Waals surface area contributed by atoms with Gasteiger partial charge in [0.05, 0.1) is 5.56 Å². The molecule has 0 aliphatic carbocycles. The van der Waals surface area contributed by atoms with E-state index >= 15 is 0 Å². The van der Waals surface area contributed by atoms with Crippen LogP contribution in [0.25, 0.3) is 0 Å². The van der Waals surface area contributed by atoms with Crippen molar-refractivity contribution in [3.8, 4) is 11.5 Å². The number of hydrazone groups is 1. The highest BCUT2D eigenvalue weighted by Gasteiger charge is 2.09. The second-order valence-electron chi connectivity index (χ2n) is 4.61. The smallest absolute Gasteiger partial charge is 0.170 e. The predicted octanol–water partition coefficient (Wildman–Crippen LogP) is 1.06. The summed E-state index contributed by atoms with van der Waals surface area (Å²) in [6, 6.07) is 12.3. The van der Waals surface area contributed by atoms with Crippen molar-refractivity contribution in [2.75, 3.05) is 0 Å². The lowest BCUT2D eigenvalue weighted by atomic mass is 10.1. The number of rotatable bonds is 5. The zero-order valence-electron chi connectivity index (χ0n) is 11.5. The topological polar surface area (TPSA) is 95.0 Å². The molecule has 0 bridgehead atoms. The fraction of sp³-hybridized carbons (Fsp3) is 0.0667. The molecule has 7 heteroatoms. The third kappa shape index (κ3) is 2.84. The number of phenolic OH excluding ortho intramolecular Hbond substituents is 1. The molecule has 1 heterocycles. The van der Waals surface area contributed by atoms with E-state index in [0.717, 1.165) is 11.1 Å². The molecule has 4 N–H and O–H groups in total. The number of hydrazine groups is 2. The standard InChI is InChI=1S/C15H14N4O3/c20-8-12-13(21)2-1-3-14(12)22-9-10-4-6-11(7-5-10)15-16-18-19-17-15/h1-8,18-19,21H,9H2,(H,16,17). The number of amidine groups is 1. The molecule has 0 atom stereocenters. The summed E-state index contributed by atoms with van der Waals surface area (Å²) in [5, 5.41) is 13.6. The highest BCUT2D eigenvalue weighted by Crippen LogP contribution is 2.26. The number of nitrogens with zero attached hydrogens (tertiary/aromatic N) is 1. The number of phenols is 1. The SMILES string of the molecule is O=Cc1c(O)cccc1OCc1ccc(C2=NNNN2)cc1. The molecular weight excluding hydrogens is 284 g/mol. The number of carbonyl (C=O) groups is 1. The second kappa shape index (κ2) is 6.15. The number of nitrogens with one attached hydrogen (secondary N) is 3. The van der Waals surface area contributed by atoms with Crippen molar-refractivity contribution in [3.63, 3.8) is 0 Å². The lowest BCUT2D eigenvalue weighted by Crippen LogP contribution is -2.35. The quantitative estimate of drug-likeness (QED) is 0.617. The van der Waals surface area contributed by atoms with E-state index in [0.29, 0.717) is 24.5 Å². The van der Waals surface area contributed by atoms with Crippen LogP contribution < -0.4 is 21.2 Å². The van der Waals surface area contributed by atoms with E-state index in [-0.39, 0.29) is 11.3 Å². The van der Waals surface area contributed by atoms with E-state index in [2.05, 4.69) is 21.6 Å². The zero-order valence-corrected chi connectivity index (χ0v) is 11.5. The summed E-state index contributed by atoms with van der Waals surface area (Å²) in [5.74, 6) is 0.964. The van der Waals surface area contributed by atoms with E-state index in [1.165, 1.54) is 6.07 Å². The molecule has 0 amide bonds. The Hall–Kier alpha value is -3.06. The van der Waals surface area contributed by atoms with Gasteiger partial charge in [-0.25, -0.2) is 5.53 Å². The second-order valence-corrected chi connectivity index (χ2v) is 4.61. The molecule has 3 rings (SSSR count). The van der Waals surface area contributed by atoms with Gasteiger partial charge in [0.2, 0.25) is 0 Å². The van der Waals surface area contributed by atoms with Crippen LogP contribution in [-0.4, -0.2) is 17.2 Å². The van der Waals surface area contributed by atoms with Gasteiger partial charge in [-0.05, 0) is 17.7 Å². The van der Waals surface area contributed by atoms with Crippen molar-refractivity contribution in [2.24, 2.45) is 5.10 Å². The molecular formula is C15H14N4O3. The van der Waals surface area contributed by atoms with Crippen LogP contribution in [0, 0.1) is 0 Å². The Morgan fingerprint density at radius 2 is 2.00 bits per heavy atom. The van der Waals surface area contributed by atoms with Crippen molar-refractivity contribution in [3.05, 3.63) is 59.2 Å². The molecule has 0 saturated carbocycles. The summed E-state index contributed by atoms with van der Waals surface area (Å²) in [7, 11) is 0. The summed E-state index contributed by atoms with van der Waals surface area (Å²) in [6.45, 7) is 0.293. The number of aldehydes is 1. The number of aromatic hydroxyl groups is 1. The third-order valence-electron chi connectivity index (χ3n) is 3.19. The van der Waals surface area contributed by atoms with Gasteiger partial charge in [-0.2, -0.15) is 0 Å². The Balaban J connectivity index is 1.69. The average Bonchev–Trinajstić information content (AvgIpc) is 3.08. The molecule has 1 aliphatic heterocycles. The molecule has 7 nitrogen and oxygen atoms in total. The maximum absolute atomic E-state index is 11.0. The van der Waals surface area contributed by atoms with Gasteiger partial charge in [-0.3, -0.25) is 10.2 Å². The van der Waals surface area contributed by atoms with E-state index in [1.54, 1.807) is 12.1 Å². The molecule has 0 fully saturated rings. The fourth-order valence-electron chi connectivity index (χ4n) is 2.03. The van der Waals surface area contributed by atoms with Gasteiger partial charge >= 0.3 is 0 Å². The van der Waals surface area contributed by atoms with Crippen LogP contribution >= 0.6 is 0 Å². The lowest BCUT2D eigenvalue weighted by Gasteiger charge is -2.10. The lowest BCUT2D eigenvalue weighted by molar-refractivity contribution is 0.111. The molecule has 112 valence electrons. The maximum Gasteiger partial charge on any atom is 0.170 e. The molecule has 2 aromatic rings. The minimum Gasteiger partial charge on any atom is -0.507 e. The number of hydrogen-bond donors (Lipinski definition) is 4. The van der Waals surface area contributed by atoms with Gasteiger partial charge in [0.25, 0.3) is 0 Å². The van der Waals surface area contributed by atoms with E-state index in [9.17, 15) is 9.90 Å². The third-order valence-corrected chi connectivity index (χ3v) is 3.19. The number of benzene rings is 2. The Kier molecular flexibility index (Phi) is 3.88. The maximum atomic E-state index is 11.0. The van der Waals surface area contributed by atoms with Gasteiger partial charge in [0.1, 0.15) is 18.1 Å². The first-order chi connectivity index (χ1) is 10.8. The van der Waals surface area contributed by atoms with Crippen LogP contribution in [0.1, 0.15) is 21.5 Å². The van der Waals surface area contributed by atoms with Gasteiger partial charge in [-0.15, -0.1) is 10.6 Å². The van der Waals surface area contributed by atoms with Crippen LogP contribution in [0.4, 0.5) is 0 Å². The summed E-state index contributed by atoms with van der Waals surface area (Å²) in [6.07, 6.45) is 0.581. The molecule has 0 saturated heterocycles. The summed E-state index contributed by atoms with van der Waals surface area (Å²) in [4.78, 5) is 11.0. The number of ether oxygens (including phenoxy) is 1. The molecule has 0 unspecified atom stereocenters. The number of carbonyl (C=O) groups excluding carboxylic acids is 1. The number of hydrogen-bond acceptors (Lipinski definition) is 7. The van der Waals surface area contributed by atoms with Crippen LogP contribution in [0.15, 0.2) is 47.6 Å². The Morgan fingerprint density at radius 1 is 1.18 bits per heavy atom. The fourth-order valence-corrected chi connectivity index (χ4v) is 2.03. The van der Waals surface area contributed by atoms with Crippen LogP contribution in [0.2, 0.25) is 0 Å². The Labute approximate surface area is 126 Å². The van der Waals surface area contributed by atoms with Crippen molar-refractivity contribution >= 4 is 12.1 Å². The molecule has 0 spiro atoms. The molecule has 0 aromatic heterocycles. The van der Waals surface area contributed by atoms with E-state index in [1.807, 2.05) is 24.3 Å². The highest BCUT2D eigenvalue weighted by atomic mass is 16.5. The van der Waals surface area contributed by atoms with Gasteiger partial charge in [-0.1, -0.05) is 30.3 Å². The largest absolute Gasteiger partial charge is 0.507 e. The molecule has 2 aromatic carbocycles. The van der Waals surface area contributed by atoms with Crippen LogP contribution in [-0.2, 0) is 6.61 Å². The monoisotopic (exact) mass is 298 g/mol. The van der Waals surface area contributed by atoms with Crippen molar-refractivity contribution in [2.45, 2.75) is 6.61 Å². The first-order valence-electron chi connectivity index (χ1n) is 6.61. The first-order valence-corrected chi connectivity index (χ1v) is 6.61. The van der Waals surface area contributed by atoms with Gasteiger partial charge in [0, 0.05) is 5.56 Å². The first kappa shape index (κ1) is 13.9. The van der Waals surface area contributed by atoms with Gasteiger partial charge in [0.15, 0.2) is 12.1 Å². The van der Waals surface area contributed by atoms with Crippen LogP contribution in [0.5, 0.6) is 11.5 Å². The Bertz CT molecular complexity index is 713. The zero-order chi connectivity index (χ0) is 15.4. The predicted molar refractivity (Wildman–Crippen MR) is 80.2 cm³/mol. The normalized spacial score (nSPS) is 13.0. The minimum absolute atomic E-state index is 0.0897. The highest BCUT2D eigenvalue weighted by molar-refractivity contribution is 5.98. The molecule has 22 heavy (non-hydrogen) atoms. The molecule has 1 aliphatic rings. The van der Waals surface area contributed by atoms with Crippen LogP contribution in [0.3, 0.4) is 0 Å². The summed E-state index contributed by atoms with van der Waals surface area (Å²) in [5.41, 5.74) is 10.1. The van der Waals surface area contributed by atoms with Crippen molar-refractivity contribution in [1.82, 2.24) is 16.5 Å². The van der Waals surface area contributed by atoms with Crippen molar-refractivity contribution in [1.29, 1.82) is 0 Å². The summed E-state index contributed by atoms with van der Waals surface area (Å²) >= 11 is 0. The van der Waals surface area contributed by atoms with E-state index < -0.39 is 0 Å². The van der Waals surface area contributed by atoms with Crippen molar-refractivity contribution < 1.29 is 14.6 Å². The average molecular weight is 298 g/mol. The minimum atomic E-state index is -0.0897. The molecule has 0 radical (unpaired) electrons.